The van der Waals surface area contributed by atoms with Gasteiger partial charge in [-0.05, 0) is 13.0 Å². The monoisotopic (exact) mass is 116 g/mol. The summed E-state index contributed by atoms with van der Waals surface area (Å²) in [6.45, 7) is 2.51. The highest BCUT2D eigenvalue weighted by atomic mass is 16.5. The third kappa shape index (κ3) is 3.68. The zero-order valence-electron chi connectivity index (χ0n) is 5.60. The Labute approximate surface area is 50.1 Å². The van der Waals surface area contributed by atoms with Gasteiger partial charge in [-0.15, -0.1) is 0 Å². The van der Waals surface area contributed by atoms with E-state index < -0.39 is 0 Å². The molecule has 0 radical (unpaired) electrons. The maximum Gasteiger partial charge on any atom is 0.0907 e. The normalized spacial score (nSPS) is 11.6. The van der Waals surface area contributed by atoms with Gasteiger partial charge in [0.05, 0.1) is 19.5 Å². The lowest BCUT2D eigenvalue weighted by Crippen LogP contribution is -1.85. The summed E-state index contributed by atoms with van der Waals surface area (Å²) < 4.78 is 9.59. The van der Waals surface area contributed by atoms with Crippen molar-refractivity contribution in [2.45, 2.75) is 6.92 Å². The molecule has 0 heterocycles. The third-order valence-electron chi connectivity index (χ3n) is 0.859. The molecule has 0 aromatic carbocycles. The van der Waals surface area contributed by atoms with Crippen LogP contribution in [0, 0.1) is 0 Å². The lowest BCUT2D eigenvalue weighted by molar-refractivity contribution is 0.224. The lowest BCUT2D eigenvalue weighted by atomic mass is 10.5. The number of allylic oxidation sites excluding steroid dienone is 1. The molecule has 0 rings (SSSR count). The molecule has 48 valence electrons. The van der Waals surface area contributed by atoms with Crippen LogP contribution in [0.3, 0.4) is 0 Å². The van der Waals surface area contributed by atoms with Gasteiger partial charge < -0.3 is 9.47 Å². The minimum atomic E-state index is 0.625. The van der Waals surface area contributed by atoms with Gasteiger partial charge in [-0.25, -0.2) is 0 Å². The quantitative estimate of drug-likeness (QED) is 0.515. The Balaban J connectivity index is 3.26. The molecule has 0 aromatic rings. The Bertz CT molecular complexity index is 76.6. The zero-order valence-corrected chi connectivity index (χ0v) is 5.60. The summed E-state index contributed by atoms with van der Waals surface area (Å²) >= 11 is 0. The van der Waals surface area contributed by atoms with Crippen molar-refractivity contribution in [2.24, 2.45) is 0 Å². The highest BCUT2D eigenvalue weighted by Crippen LogP contribution is 1.89. The second-order valence-corrected chi connectivity index (χ2v) is 1.47. The van der Waals surface area contributed by atoms with Crippen molar-refractivity contribution >= 4 is 0 Å². The first-order valence-electron chi connectivity index (χ1n) is 2.51. The van der Waals surface area contributed by atoms with Gasteiger partial charge in [0.1, 0.15) is 0 Å². The minimum Gasteiger partial charge on any atom is -0.502 e. The number of hydrogen-bond donors (Lipinski definition) is 0. The van der Waals surface area contributed by atoms with Gasteiger partial charge >= 0.3 is 0 Å². The van der Waals surface area contributed by atoms with Gasteiger partial charge in [0.15, 0.2) is 0 Å². The van der Waals surface area contributed by atoms with E-state index in [2.05, 4.69) is 0 Å². The fourth-order valence-corrected chi connectivity index (χ4v) is 0.284. The van der Waals surface area contributed by atoms with E-state index in [1.807, 2.05) is 13.0 Å². The predicted molar refractivity (Wildman–Crippen MR) is 32.6 cm³/mol. The van der Waals surface area contributed by atoms with Crippen molar-refractivity contribution in [2.75, 3.05) is 20.8 Å². The molecule has 0 N–H and O–H groups in total. The van der Waals surface area contributed by atoms with E-state index >= 15 is 0 Å². The van der Waals surface area contributed by atoms with Crippen LogP contribution < -0.4 is 0 Å². The van der Waals surface area contributed by atoms with E-state index in [0.717, 1.165) is 5.76 Å². The lowest BCUT2D eigenvalue weighted by Gasteiger charge is -1.95. The Morgan fingerprint density at radius 1 is 1.50 bits per heavy atom. The highest BCUT2D eigenvalue weighted by molar-refractivity contribution is 4.87. The number of rotatable bonds is 3. The van der Waals surface area contributed by atoms with E-state index in [4.69, 9.17) is 9.47 Å². The summed E-state index contributed by atoms with van der Waals surface area (Å²) in [6.07, 6.45) is 1.88. The molecule has 0 aliphatic carbocycles. The van der Waals surface area contributed by atoms with Gasteiger partial charge in [0.25, 0.3) is 0 Å². The second kappa shape index (κ2) is 4.65. The van der Waals surface area contributed by atoms with Crippen LogP contribution in [0.1, 0.15) is 6.92 Å². The minimum absolute atomic E-state index is 0.625. The molecule has 0 atom stereocenters. The van der Waals surface area contributed by atoms with E-state index in [1.54, 1.807) is 14.2 Å². The van der Waals surface area contributed by atoms with Crippen LogP contribution in [0.25, 0.3) is 0 Å². The average molecular weight is 116 g/mol. The van der Waals surface area contributed by atoms with Gasteiger partial charge in [0, 0.05) is 7.11 Å². The van der Waals surface area contributed by atoms with E-state index in [9.17, 15) is 0 Å². The van der Waals surface area contributed by atoms with E-state index in [-0.39, 0.29) is 0 Å². The Kier molecular flexibility index (Phi) is 4.36. The molecule has 0 unspecified atom stereocenters. The van der Waals surface area contributed by atoms with Crippen molar-refractivity contribution in [3.05, 3.63) is 11.8 Å². The Morgan fingerprint density at radius 2 is 2.12 bits per heavy atom. The molecule has 2 heteroatoms. The molecule has 0 spiro atoms. The number of methoxy groups -OCH3 is 2. The van der Waals surface area contributed by atoms with Crippen LogP contribution in [0.2, 0.25) is 0 Å². The Morgan fingerprint density at radius 3 is 2.50 bits per heavy atom. The van der Waals surface area contributed by atoms with Crippen LogP contribution in [0.15, 0.2) is 11.8 Å². The maximum atomic E-state index is 4.83. The van der Waals surface area contributed by atoms with Gasteiger partial charge in [-0.1, -0.05) is 0 Å². The van der Waals surface area contributed by atoms with Crippen LogP contribution >= 0.6 is 0 Å². The van der Waals surface area contributed by atoms with Crippen molar-refractivity contribution < 1.29 is 9.47 Å². The molecule has 0 aliphatic heterocycles. The SMILES string of the molecule is COC/C=C(/C)OC. The molecule has 8 heavy (non-hydrogen) atoms. The molecule has 0 bridgehead atoms. The molecule has 0 saturated heterocycles. The van der Waals surface area contributed by atoms with E-state index in [1.165, 1.54) is 0 Å². The summed E-state index contributed by atoms with van der Waals surface area (Å²) in [7, 11) is 3.29. The van der Waals surface area contributed by atoms with Crippen molar-refractivity contribution in [3.63, 3.8) is 0 Å². The zero-order chi connectivity index (χ0) is 6.41. The molecule has 0 saturated carbocycles. The van der Waals surface area contributed by atoms with Crippen LogP contribution in [-0.2, 0) is 9.47 Å². The molecule has 0 aliphatic rings. The highest BCUT2D eigenvalue weighted by Gasteiger charge is 1.79. The van der Waals surface area contributed by atoms with Crippen LogP contribution in [0.5, 0.6) is 0 Å². The standard InChI is InChI=1S/C6H12O2/c1-6(8-3)4-5-7-2/h4H,5H2,1-3H3/b6-4-. The van der Waals surface area contributed by atoms with Crippen molar-refractivity contribution in [1.29, 1.82) is 0 Å². The summed E-state index contributed by atoms with van der Waals surface area (Å²) in [4.78, 5) is 0. The summed E-state index contributed by atoms with van der Waals surface area (Å²) in [6, 6.07) is 0. The predicted octanol–water partition coefficient (Wildman–Crippen LogP) is 1.18. The molecular formula is C6H12O2. The molecule has 2 nitrogen and oxygen atoms in total. The fourth-order valence-electron chi connectivity index (χ4n) is 0.284. The van der Waals surface area contributed by atoms with E-state index in [0.29, 0.717) is 6.61 Å². The largest absolute Gasteiger partial charge is 0.502 e. The first-order chi connectivity index (χ1) is 3.81. The average Bonchev–Trinajstić information content (AvgIpc) is 1.83. The van der Waals surface area contributed by atoms with Crippen LogP contribution in [0.4, 0.5) is 0 Å². The van der Waals surface area contributed by atoms with Crippen molar-refractivity contribution in [1.82, 2.24) is 0 Å². The summed E-state index contributed by atoms with van der Waals surface area (Å²) in [5, 5.41) is 0. The molecule has 0 aromatic heterocycles. The summed E-state index contributed by atoms with van der Waals surface area (Å²) in [5.74, 6) is 0.895. The van der Waals surface area contributed by atoms with Gasteiger partial charge in [0.2, 0.25) is 0 Å². The topological polar surface area (TPSA) is 18.5 Å². The van der Waals surface area contributed by atoms with Crippen LogP contribution in [-0.4, -0.2) is 20.8 Å². The summed E-state index contributed by atoms with van der Waals surface area (Å²) in [5.41, 5.74) is 0. The molecular weight excluding hydrogens is 104 g/mol. The first kappa shape index (κ1) is 7.50. The smallest absolute Gasteiger partial charge is 0.0907 e. The van der Waals surface area contributed by atoms with Crippen molar-refractivity contribution in [3.8, 4) is 0 Å². The fraction of sp³-hybridized carbons (Fsp3) is 0.667. The second-order valence-electron chi connectivity index (χ2n) is 1.47. The third-order valence-corrected chi connectivity index (χ3v) is 0.859. The Hall–Kier alpha value is -0.500. The molecule has 0 fully saturated rings. The van der Waals surface area contributed by atoms with Gasteiger partial charge in [-0.2, -0.15) is 0 Å². The van der Waals surface area contributed by atoms with Gasteiger partial charge in [-0.3, -0.25) is 0 Å². The maximum absolute atomic E-state index is 4.83. The number of ether oxygens (including phenoxy) is 2. The number of hydrogen-bond acceptors (Lipinski definition) is 2. The molecule has 0 amide bonds. The first-order valence-corrected chi connectivity index (χ1v) is 2.51.